The lowest BCUT2D eigenvalue weighted by Crippen LogP contribution is -2.33. The molecule has 110 valence electrons. The van der Waals surface area contributed by atoms with Gasteiger partial charge < -0.3 is 4.74 Å². The highest BCUT2D eigenvalue weighted by atomic mass is 31.2. The number of methoxy groups -OCH3 is 1. The Hall–Kier alpha value is -1.95. The fourth-order valence-electron chi connectivity index (χ4n) is 2.70. The molecule has 0 amide bonds. The fourth-order valence-corrected chi connectivity index (χ4v) is 6.04. The second-order valence-electron chi connectivity index (χ2n) is 4.97. The summed E-state index contributed by atoms with van der Waals surface area (Å²) in [6.45, 7) is 0. The monoisotopic (exact) mass is 309 g/mol. The van der Waals surface area contributed by atoms with Gasteiger partial charge in [-0.25, -0.2) is 0 Å². The number of hydrogen-bond acceptors (Lipinski definition) is 1. The zero-order valence-electron chi connectivity index (χ0n) is 14.5. The van der Waals surface area contributed by atoms with Crippen LogP contribution in [0, 0.1) is 0 Å². The minimum atomic E-state index is -2.65. The molecule has 0 radical (unpaired) electrons. The van der Waals surface area contributed by atoms with Gasteiger partial charge in [0.1, 0.15) is 25.9 Å². The van der Waals surface area contributed by atoms with E-state index in [9.17, 15) is 0 Å². The minimum Gasteiger partial charge on any atom is -0.348 e. The van der Waals surface area contributed by atoms with Crippen LogP contribution in [-0.4, -0.2) is 13.4 Å². The van der Waals surface area contributed by atoms with Crippen molar-refractivity contribution >= 4 is 23.2 Å². The lowest BCUT2D eigenvalue weighted by molar-refractivity contribution is 0.255. The summed E-state index contributed by atoms with van der Waals surface area (Å²) in [7, 11) is -1.20. The van der Waals surface area contributed by atoms with Crippen molar-refractivity contribution in [1.29, 1.82) is 0 Å². The third-order valence-electron chi connectivity index (χ3n) is 3.66. The molecule has 0 saturated heterocycles. The minimum absolute atomic E-state index is 0.967. The van der Waals surface area contributed by atoms with Crippen molar-refractivity contribution in [2.24, 2.45) is 0 Å². The molecule has 1 nitrogen and oxygen atoms in total. The summed E-state index contributed by atoms with van der Waals surface area (Å²) in [5.41, 5.74) is 0. The lowest BCUT2D eigenvalue weighted by atomic mass is 10.4. The second-order valence-corrected chi connectivity index (χ2v) is 8.05. The molecule has 0 unspecified atom stereocenters. The summed E-state index contributed by atoms with van der Waals surface area (Å²) < 4.78 is 23.0. The standard InChI is InChI=1S/C20H20OP/c1-21-17-22(18-11-5-2-6-12-18,19-13-7-3-8-14-19)20-15-9-4-10-16-20/h2-16H,17H2,1H3/q+1/i17D2. The van der Waals surface area contributed by atoms with Crippen LogP contribution in [0.15, 0.2) is 91.0 Å². The van der Waals surface area contributed by atoms with Gasteiger partial charge in [0.25, 0.3) is 0 Å². The van der Waals surface area contributed by atoms with Gasteiger partial charge in [0.15, 0.2) is 6.30 Å². The van der Waals surface area contributed by atoms with Crippen molar-refractivity contribution in [3.05, 3.63) is 91.0 Å². The van der Waals surface area contributed by atoms with Gasteiger partial charge in [-0.3, -0.25) is 0 Å². The first-order valence-corrected chi connectivity index (χ1v) is 9.03. The van der Waals surface area contributed by atoms with E-state index in [-0.39, 0.29) is 0 Å². The van der Waals surface area contributed by atoms with Crippen LogP contribution in [0.4, 0.5) is 0 Å². The molecule has 0 fully saturated rings. The number of hydrogen-bond donors (Lipinski definition) is 0. The third-order valence-corrected chi connectivity index (χ3v) is 7.33. The Morgan fingerprint density at radius 2 is 1.00 bits per heavy atom. The highest BCUT2D eigenvalue weighted by Crippen LogP contribution is 2.54. The van der Waals surface area contributed by atoms with Crippen LogP contribution in [-0.2, 0) is 4.74 Å². The molecular weight excluding hydrogens is 287 g/mol. The predicted octanol–water partition coefficient (Wildman–Crippen LogP) is 3.58. The van der Waals surface area contributed by atoms with Crippen LogP contribution in [0.25, 0.3) is 0 Å². The molecule has 0 atom stereocenters. The SMILES string of the molecule is [2H]C([2H])(OC)[P+](c1ccccc1)(c1ccccc1)c1ccccc1. The number of rotatable bonds is 5. The van der Waals surface area contributed by atoms with E-state index in [0.717, 1.165) is 15.9 Å². The highest BCUT2D eigenvalue weighted by molar-refractivity contribution is 7.95. The van der Waals surface area contributed by atoms with Crippen LogP contribution in [0.1, 0.15) is 2.74 Å². The summed E-state index contributed by atoms with van der Waals surface area (Å²) in [5, 5.41) is 2.90. The molecule has 0 saturated carbocycles. The lowest BCUT2D eigenvalue weighted by Gasteiger charge is -2.26. The summed E-state index contributed by atoms with van der Waals surface area (Å²) >= 11 is 0. The van der Waals surface area contributed by atoms with E-state index >= 15 is 0 Å². The molecule has 0 N–H and O–H groups in total. The van der Waals surface area contributed by atoms with Crippen LogP contribution in [0.2, 0.25) is 0 Å². The smallest absolute Gasteiger partial charge is 0.170 e. The average Bonchev–Trinajstić information content (AvgIpc) is 2.65. The molecule has 3 rings (SSSR count). The maximum atomic E-state index is 8.79. The third kappa shape index (κ3) is 2.70. The summed E-state index contributed by atoms with van der Waals surface area (Å²) in [6.07, 6.45) is -1.82. The van der Waals surface area contributed by atoms with E-state index in [1.54, 1.807) is 0 Å². The molecule has 0 aliphatic heterocycles. The molecule has 0 spiro atoms. The largest absolute Gasteiger partial charge is 0.348 e. The van der Waals surface area contributed by atoms with Crippen molar-refractivity contribution in [2.75, 3.05) is 13.4 Å². The maximum absolute atomic E-state index is 8.79. The van der Waals surface area contributed by atoms with Gasteiger partial charge in [-0.05, 0) is 36.4 Å². The van der Waals surface area contributed by atoms with Gasteiger partial charge in [-0.1, -0.05) is 54.6 Å². The molecule has 3 aromatic rings. The maximum Gasteiger partial charge on any atom is 0.170 e. The Balaban J connectivity index is 2.42. The predicted molar refractivity (Wildman–Crippen MR) is 97.0 cm³/mol. The first-order chi connectivity index (χ1) is 11.6. The zero-order valence-corrected chi connectivity index (χ0v) is 13.4. The molecule has 0 aliphatic rings. The quantitative estimate of drug-likeness (QED) is 0.655. The van der Waals surface area contributed by atoms with E-state index in [2.05, 4.69) is 0 Å². The number of benzene rings is 3. The van der Waals surface area contributed by atoms with Gasteiger partial charge in [0, 0.05) is 7.11 Å². The van der Waals surface area contributed by atoms with Gasteiger partial charge in [0.05, 0.1) is 0 Å². The molecule has 0 aliphatic carbocycles. The van der Waals surface area contributed by atoms with Gasteiger partial charge >= 0.3 is 0 Å². The van der Waals surface area contributed by atoms with E-state index in [0.29, 0.717) is 0 Å². The summed E-state index contributed by atoms with van der Waals surface area (Å²) in [6, 6.07) is 29.7. The topological polar surface area (TPSA) is 9.23 Å². The normalized spacial score (nSPS) is 13.3. The molecule has 0 aromatic heterocycles. The van der Waals surface area contributed by atoms with Crippen LogP contribution in [0.5, 0.6) is 0 Å². The van der Waals surface area contributed by atoms with Gasteiger partial charge in [-0.2, -0.15) is 0 Å². The van der Waals surface area contributed by atoms with Crippen LogP contribution < -0.4 is 15.9 Å². The van der Waals surface area contributed by atoms with Crippen molar-refractivity contribution < 1.29 is 7.48 Å². The van der Waals surface area contributed by atoms with Crippen molar-refractivity contribution in [3.63, 3.8) is 0 Å². The Morgan fingerprint density at radius 3 is 1.27 bits per heavy atom. The summed E-state index contributed by atoms with van der Waals surface area (Å²) in [4.78, 5) is 0. The fraction of sp³-hybridized carbons (Fsp3) is 0.100. The molecular formula is C20H20OP+. The zero-order chi connectivity index (χ0) is 17.0. The van der Waals surface area contributed by atoms with Crippen LogP contribution >= 0.6 is 7.26 Å². The molecule has 0 bridgehead atoms. The first kappa shape index (κ1) is 12.6. The van der Waals surface area contributed by atoms with Crippen LogP contribution in [0.3, 0.4) is 0 Å². The first-order valence-electron chi connectivity index (χ1n) is 8.24. The average molecular weight is 309 g/mol. The molecule has 22 heavy (non-hydrogen) atoms. The molecule has 2 heteroatoms. The van der Waals surface area contributed by atoms with E-state index in [1.165, 1.54) is 7.11 Å². The van der Waals surface area contributed by atoms with Crippen molar-refractivity contribution in [2.45, 2.75) is 0 Å². The Labute approximate surface area is 135 Å². The van der Waals surface area contributed by atoms with Gasteiger partial charge in [0.2, 0.25) is 0 Å². The van der Waals surface area contributed by atoms with Crippen molar-refractivity contribution in [1.82, 2.24) is 0 Å². The Bertz CT molecular complexity index is 680. The van der Waals surface area contributed by atoms with E-state index < -0.39 is 13.6 Å². The second kappa shape index (κ2) is 6.87. The Morgan fingerprint density at radius 1 is 0.682 bits per heavy atom. The van der Waals surface area contributed by atoms with Gasteiger partial charge in [-0.15, -0.1) is 0 Å². The molecule has 3 aromatic carbocycles. The summed E-state index contributed by atoms with van der Waals surface area (Å²) in [5.74, 6) is 0. The number of ether oxygens (including phenoxy) is 1. The molecule has 0 heterocycles. The van der Waals surface area contributed by atoms with Crippen molar-refractivity contribution in [3.8, 4) is 0 Å². The van der Waals surface area contributed by atoms with E-state index in [4.69, 9.17) is 7.48 Å². The van der Waals surface area contributed by atoms with E-state index in [1.807, 2.05) is 91.0 Å². The highest BCUT2D eigenvalue weighted by Gasteiger charge is 2.45. The Kier molecular flexibility index (Phi) is 3.93.